The van der Waals surface area contributed by atoms with Crippen molar-refractivity contribution < 1.29 is 42.0 Å². The normalized spacial score (nSPS) is 23.2. The SMILES string of the molecule is Cc1nc([C@@H]2O[C@H](CO)[C@H](O)[C@H](n3cc(-c4ccc(Cl)c(F)c4F)cn3)[C@H]2O)n(-c2cc(Cl)cnc2C(F)(F)F)n1. The lowest BCUT2D eigenvalue weighted by molar-refractivity contribution is -0.210. The second kappa shape index (κ2) is 10.9. The molecule has 0 radical (unpaired) electrons. The van der Waals surface area contributed by atoms with E-state index in [1.54, 1.807) is 0 Å². The Bertz CT molecular complexity index is 1600. The van der Waals surface area contributed by atoms with Crippen molar-refractivity contribution in [2.24, 2.45) is 0 Å². The predicted molar refractivity (Wildman–Crippen MR) is 132 cm³/mol. The summed E-state index contributed by atoms with van der Waals surface area (Å²) in [5, 5.41) is 39.7. The lowest BCUT2D eigenvalue weighted by atomic mass is 9.92. The number of nitrogens with zero attached hydrogens (tertiary/aromatic N) is 6. The van der Waals surface area contributed by atoms with Gasteiger partial charge in [-0.3, -0.25) is 4.68 Å². The number of aliphatic hydroxyl groups is 3. The first kappa shape index (κ1) is 29.3. The van der Waals surface area contributed by atoms with Gasteiger partial charge in [-0.1, -0.05) is 23.2 Å². The van der Waals surface area contributed by atoms with Crippen molar-refractivity contribution in [3.63, 3.8) is 0 Å². The van der Waals surface area contributed by atoms with E-state index in [1.165, 1.54) is 19.2 Å². The second-order valence-corrected chi connectivity index (χ2v) is 9.97. The molecule has 4 heterocycles. The van der Waals surface area contributed by atoms with E-state index in [0.29, 0.717) is 0 Å². The van der Waals surface area contributed by atoms with E-state index >= 15 is 0 Å². The van der Waals surface area contributed by atoms with Crippen LogP contribution in [0.1, 0.15) is 29.5 Å². The number of halogens is 7. The zero-order valence-electron chi connectivity index (χ0n) is 20.6. The number of benzene rings is 1. The summed E-state index contributed by atoms with van der Waals surface area (Å²) in [7, 11) is 0. The Hall–Kier alpha value is -3.21. The number of hydrogen-bond donors (Lipinski definition) is 3. The van der Waals surface area contributed by atoms with Crippen LogP contribution in [0.25, 0.3) is 16.8 Å². The van der Waals surface area contributed by atoms with Gasteiger partial charge in [-0.25, -0.2) is 23.4 Å². The van der Waals surface area contributed by atoms with E-state index in [-0.39, 0.29) is 27.8 Å². The summed E-state index contributed by atoms with van der Waals surface area (Å²) < 4.78 is 77.5. The molecule has 0 spiro atoms. The number of alkyl halides is 3. The van der Waals surface area contributed by atoms with Crippen LogP contribution in [0.3, 0.4) is 0 Å². The average molecular weight is 621 g/mol. The predicted octanol–water partition coefficient (Wildman–Crippen LogP) is 3.83. The minimum atomic E-state index is -4.92. The standard InChI is InChI=1S/C24H19Cl2F5N6O4/c1-9-34-23(37(35-9)14-4-11(25)6-32-22(14)24(29,30)31)21-20(40)18(19(39)15(8-38)41-21)36-7-10(5-33-36)12-2-3-13(26)17(28)16(12)27/h2-7,15,18-21,38-40H,8H2,1H3/t15-,18+,19+,20-,21-/m1/s1. The van der Waals surface area contributed by atoms with Crippen molar-refractivity contribution >= 4 is 23.2 Å². The number of hydrogen-bond acceptors (Lipinski definition) is 8. The molecule has 0 unspecified atom stereocenters. The van der Waals surface area contributed by atoms with Gasteiger partial charge in [0.05, 0.1) is 28.5 Å². The number of aromatic nitrogens is 6. The molecule has 10 nitrogen and oxygen atoms in total. The Balaban J connectivity index is 1.59. The summed E-state index contributed by atoms with van der Waals surface area (Å²) in [4.78, 5) is 7.54. The summed E-state index contributed by atoms with van der Waals surface area (Å²) in [6, 6.07) is 1.91. The van der Waals surface area contributed by atoms with Gasteiger partial charge in [-0.05, 0) is 25.1 Å². The molecule has 3 aromatic heterocycles. The van der Waals surface area contributed by atoms with Gasteiger partial charge in [-0.15, -0.1) is 0 Å². The minimum Gasteiger partial charge on any atom is -0.394 e. The lowest BCUT2D eigenvalue weighted by Gasteiger charge is -2.41. The van der Waals surface area contributed by atoms with Gasteiger partial charge in [0, 0.05) is 23.5 Å². The summed E-state index contributed by atoms with van der Waals surface area (Å²) in [6.07, 6.45) is -8.07. The van der Waals surface area contributed by atoms with Crippen molar-refractivity contribution in [3.05, 3.63) is 75.8 Å². The third kappa shape index (κ3) is 5.29. The third-order valence-corrected chi connectivity index (χ3v) is 6.97. The fraction of sp³-hybridized carbons (Fsp3) is 0.333. The molecule has 41 heavy (non-hydrogen) atoms. The van der Waals surface area contributed by atoms with Gasteiger partial charge < -0.3 is 20.1 Å². The minimum absolute atomic E-state index is 0.00580. The first-order valence-corrected chi connectivity index (χ1v) is 12.5. The molecule has 4 aromatic rings. The van der Waals surface area contributed by atoms with E-state index in [0.717, 1.165) is 33.9 Å². The highest BCUT2D eigenvalue weighted by molar-refractivity contribution is 6.31. The topological polar surface area (TPSA) is 131 Å². The number of aliphatic hydroxyl groups excluding tert-OH is 3. The van der Waals surface area contributed by atoms with Crippen molar-refractivity contribution in [2.45, 2.75) is 43.6 Å². The maximum Gasteiger partial charge on any atom is 0.435 e. The number of pyridine rings is 1. The molecule has 1 aliphatic rings. The van der Waals surface area contributed by atoms with Gasteiger partial charge in [-0.2, -0.15) is 23.4 Å². The van der Waals surface area contributed by atoms with Crippen LogP contribution in [0.2, 0.25) is 10.0 Å². The van der Waals surface area contributed by atoms with Crippen LogP contribution in [0.5, 0.6) is 0 Å². The van der Waals surface area contributed by atoms with Crippen molar-refractivity contribution in [1.29, 1.82) is 0 Å². The Labute approximate surface area is 237 Å². The molecular formula is C24H19Cl2F5N6O4. The molecule has 0 saturated carbocycles. The zero-order valence-corrected chi connectivity index (χ0v) is 22.1. The van der Waals surface area contributed by atoms with E-state index in [1.807, 2.05) is 0 Å². The molecule has 1 fully saturated rings. The molecule has 1 saturated heterocycles. The molecule has 17 heteroatoms. The van der Waals surface area contributed by atoms with Gasteiger partial charge in [0.25, 0.3) is 0 Å². The van der Waals surface area contributed by atoms with Crippen LogP contribution >= 0.6 is 23.2 Å². The monoisotopic (exact) mass is 620 g/mol. The van der Waals surface area contributed by atoms with Gasteiger partial charge in [0.2, 0.25) is 0 Å². The molecule has 5 rings (SSSR count). The first-order valence-electron chi connectivity index (χ1n) is 11.8. The summed E-state index contributed by atoms with van der Waals surface area (Å²) in [6.45, 7) is 0.613. The van der Waals surface area contributed by atoms with Crippen molar-refractivity contribution in [1.82, 2.24) is 29.5 Å². The third-order valence-electron chi connectivity index (χ3n) is 6.47. The fourth-order valence-electron chi connectivity index (χ4n) is 4.62. The number of ether oxygens (including phenoxy) is 1. The summed E-state index contributed by atoms with van der Waals surface area (Å²) in [5.74, 6) is -2.87. The number of rotatable bonds is 5. The molecule has 3 N–H and O–H groups in total. The summed E-state index contributed by atoms with van der Waals surface area (Å²) in [5.41, 5.74) is -2.11. The molecule has 1 aliphatic heterocycles. The number of aryl methyl sites for hydroxylation is 1. The van der Waals surface area contributed by atoms with E-state index in [4.69, 9.17) is 27.9 Å². The molecular weight excluding hydrogens is 602 g/mol. The maximum atomic E-state index is 14.5. The van der Waals surface area contributed by atoms with Crippen LogP contribution < -0.4 is 0 Å². The van der Waals surface area contributed by atoms with Crippen LogP contribution in [0.4, 0.5) is 22.0 Å². The summed E-state index contributed by atoms with van der Waals surface area (Å²) >= 11 is 11.6. The molecule has 218 valence electrons. The van der Waals surface area contributed by atoms with Crippen LogP contribution in [-0.2, 0) is 10.9 Å². The van der Waals surface area contributed by atoms with Crippen molar-refractivity contribution in [3.8, 4) is 16.8 Å². The van der Waals surface area contributed by atoms with Gasteiger partial charge in [0.15, 0.2) is 23.2 Å². The van der Waals surface area contributed by atoms with E-state index < -0.39 is 71.3 Å². The first-order chi connectivity index (χ1) is 19.3. The Morgan fingerprint density at radius 2 is 1.80 bits per heavy atom. The van der Waals surface area contributed by atoms with E-state index in [9.17, 15) is 37.3 Å². The fourth-order valence-corrected chi connectivity index (χ4v) is 4.92. The van der Waals surface area contributed by atoms with Crippen LogP contribution in [0.15, 0.2) is 36.8 Å². The second-order valence-electron chi connectivity index (χ2n) is 9.13. The zero-order chi connectivity index (χ0) is 29.8. The van der Waals surface area contributed by atoms with Crippen LogP contribution in [-0.4, -0.2) is 69.8 Å². The maximum absolute atomic E-state index is 14.5. The molecule has 0 amide bonds. The molecule has 0 bridgehead atoms. The van der Waals surface area contributed by atoms with E-state index in [2.05, 4.69) is 20.2 Å². The highest BCUT2D eigenvalue weighted by atomic mass is 35.5. The quantitative estimate of drug-likeness (QED) is 0.227. The largest absolute Gasteiger partial charge is 0.435 e. The van der Waals surface area contributed by atoms with Crippen molar-refractivity contribution in [2.75, 3.05) is 6.61 Å². The smallest absolute Gasteiger partial charge is 0.394 e. The van der Waals surface area contributed by atoms with Gasteiger partial charge >= 0.3 is 6.18 Å². The average Bonchev–Trinajstić information content (AvgIpc) is 3.54. The highest BCUT2D eigenvalue weighted by Gasteiger charge is 2.49. The molecule has 0 aliphatic carbocycles. The highest BCUT2D eigenvalue weighted by Crippen LogP contribution is 2.40. The van der Waals surface area contributed by atoms with Crippen LogP contribution in [0, 0.1) is 18.6 Å². The Morgan fingerprint density at radius 3 is 2.49 bits per heavy atom. The lowest BCUT2D eigenvalue weighted by Crippen LogP contribution is -2.53. The van der Waals surface area contributed by atoms with Gasteiger partial charge in [0.1, 0.15) is 36.3 Å². The Morgan fingerprint density at radius 1 is 1.07 bits per heavy atom. The molecule has 1 aromatic carbocycles. The Kier molecular flexibility index (Phi) is 7.78. The molecule has 5 atom stereocenters.